The summed E-state index contributed by atoms with van der Waals surface area (Å²) in [6.45, 7) is 6.91. The van der Waals surface area contributed by atoms with E-state index >= 15 is 0 Å². The molecule has 160 valence electrons. The second-order valence-electron chi connectivity index (χ2n) is 7.22. The zero-order valence-corrected chi connectivity index (χ0v) is 18.1. The van der Waals surface area contributed by atoms with Crippen LogP contribution in [-0.4, -0.2) is 61.7 Å². The molecule has 0 aliphatic carbocycles. The molecule has 1 aliphatic heterocycles. The van der Waals surface area contributed by atoms with Gasteiger partial charge in [0, 0.05) is 38.1 Å². The van der Waals surface area contributed by atoms with Crippen molar-refractivity contribution < 1.29 is 13.2 Å². The molecule has 0 atom stereocenters. The molecule has 1 fully saturated rings. The molecule has 0 amide bonds. The largest absolute Gasteiger partial charge is 0.473 e. The fourth-order valence-electron chi connectivity index (χ4n) is 3.75. The van der Waals surface area contributed by atoms with E-state index in [1.54, 1.807) is 47.7 Å². The Hall–Kier alpha value is -2.79. The van der Waals surface area contributed by atoms with E-state index in [1.807, 2.05) is 13.0 Å². The number of rotatable bonds is 6. The predicted octanol–water partition coefficient (Wildman–Crippen LogP) is 1.73. The maximum absolute atomic E-state index is 13.2. The standard InChI is InChI=1S/C19H25N7O3S/c1-4-25-15(3)19(14(2)23-25)30(27,28)24-12-8-16(9-13-24)29-18-7-6-17(21-22-18)26-11-5-10-20-26/h5-7,10-11,16H,4,8-9,12-13H2,1-3H3. The van der Waals surface area contributed by atoms with Crippen LogP contribution in [0.1, 0.15) is 31.2 Å². The van der Waals surface area contributed by atoms with E-state index in [9.17, 15) is 8.42 Å². The van der Waals surface area contributed by atoms with Crippen molar-refractivity contribution in [1.29, 1.82) is 0 Å². The first-order valence-corrected chi connectivity index (χ1v) is 11.4. The highest BCUT2D eigenvalue weighted by atomic mass is 32.2. The molecule has 0 saturated carbocycles. The van der Waals surface area contributed by atoms with Crippen molar-refractivity contribution in [3.05, 3.63) is 42.0 Å². The molecule has 0 unspecified atom stereocenters. The molecule has 0 N–H and O–H groups in total. The molecule has 1 saturated heterocycles. The molecule has 3 aromatic heterocycles. The van der Waals surface area contributed by atoms with Gasteiger partial charge in [0.15, 0.2) is 5.82 Å². The highest BCUT2D eigenvalue weighted by Gasteiger charge is 2.34. The van der Waals surface area contributed by atoms with Crippen molar-refractivity contribution >= 4 is 10.0 Å². The summed E-state index contributed by atoms with van der Waals surface area (Å²) in [6.07, 6.45) is 4.52. The number of aromatic nitrogens is 6. The monoisotopic (exact) mass is 431 g/mol. The van der Waals surface area contributed by atoms with Crippen LogP contribution >= 0.6 is 0 Å². The van der Waals surface area contributed by atoms with Gasteiger partial charge in [0.25, 0.3) is 0 Å². The zero-order chi connectivity index (χ0) is 21.3. The van der Waals surface area contributed by atoms with Gasteiger partial charge in [-0.2, -0.15) is 14.5 Å². The Kier molecular flexibility index (Phi) is 5.56. The summed E-state index contributed by atoms with van der Waals surface area (Å²) < 4.78 is 37.1. The van der Waals surface area contributed by atoms with Crippen molar-refractivity contribution in [2.45, 2.75) is 51.2 Å². The number of nitrogens with zero attached hydrogens (tertiary/aromatic N) is 7. The molecule has 0 radical (unpaired) electrons. The Morgan fingerprint density at radius 2 is 1.93 bits per heavy atom. The third-order valence-electron chi connectivity index (χ3n) is 5.27. The highest BCUT2D eigenvalue weighted by molar-refractivity contribution is 7.89. The summed E-state index contributed by atoms with van der Waals surface area (Å²) in [5.41, 5.74) is 1.22. The van der Waals surface area contributed by atoms with Gasteiger partial charge in [0.05, 0.1) is 11.4 Å². The number of hydrogen-bond donors (Lipinski definition) is 0. The van der Waals surface area contributed by atoms with Crippen LogP contribution in [0.4, 0.5) is 0 Å². The second-order valence-corrected chi connectivity index (χ2v) is 9.09. The summed E-state index contributed by atoms with van der Waals surface area (Å²) in [5.74, 6) is 1.02. The molecule has 0 spiro atoms. The maximum atomic E-state index is 13.2. The average molecular weight is 432 g/mol. The Morgan fingerprint density at radius 1 is 1.17 bits per heavy atom. The minimum atomic E-state index is -3.58. The third kappa shape index (κ3) is 3.82. The van der Waals surface area contributed by atoms with Crippen molar-refractivity contribution in [3.8, 4) is 11.7 Å². The summed E-state index contributed by atoms with van der Waals surface area (Å²) in [6, 6.07) is 5.34. The van der Waals surface area contributed by atoms with Gasteiger partial charge in [-0.15, -0.1) is 10.2 Å². The Bertz CT molecular complexity index is 1100. The number of ether oxygens (including phenoxy) is 1. The molecule has 0 aromatic carbocycles. The van der Waals surface area contributed by atoms with E-state index in [0.29, 0.717) is 60.5 Å². The van der Waals surface area contributed by atoms with Crippen LogP contribution in [-0.2, 0) is 16.6 Å². The summed E-state index contributed by atoms with van der Waals surface area (Å²) in [7, 11) is -3.58. The quantitative estimate of drug-likeness (QED) is 0.585. The summed E-state index contributed by atoms with van der Waals surface area (Å²) >= 11 is 0. The van der Waals surface area contributed by atoms with Crippen LogP contribution in [0, 0.1) is 13.8 Å². The van der Waals surface area contributed by atoms with Gasteiger partial charge in [0.1, 0.15) is 11.0 Å². The van der Waals surface area contributed by atoms with Gasteiger partial charge in [-0.3, -0.25) is 4.68 Å². The summed E-state index contributed by atoms with van der Waals surface area (Å²) in [4.78, 5) is 0.323. The van der Waals surface area contributed by atoms with Gasteiger partial charge < -0.3 is 4.74 Å². The third-order valence-corrected chi connectivity index (χ3v) is 7.42. The first-order chi connectivity index (χ1) is 14.4. The number of hydrogen-bond acceptors (Lipinski definition) is 7. The SMILES string of the molecule is CCn1nc(C)c(S(=O)(=O)N2CCC(Oc3ccc(-n4cccn4)nn3)CC2)c1C. The zero-order valence-electron chi connectivity index (χ0n) is 17.3. The van der Waals surface area contributed by atoms with Crippen LogP contribution in [0.25, 0.3) is 5.82 Å². The molecule has 4 rings (SSSR count). The molecule has 1 aliphatic rings. The molecule has 4 heterocycles. The van der Waals surface area contributed by atoms with E-state index in [1.165, 1.54) is 4.31 Å². The van der Waals surface area contributed by atoms with Crippen LogP contribution in [0.3, 0.4) is 0 Å². The van der Waals surface area contributed by atoms with Gasteiger partial charge in [-0.25, -0.2) is 13.1 Å². The summed E-state index contributed by atoms with van der Waals surface area (Å²) in [5, 5.41) is 16.7. The van der Waals surface area contributed by atoms with Gasteiger partial charge in [-0.1, -0.05) is 0 Å². The normalized spacial score (nSPS) is 16.1. The first-order valence-electron chi connectivity index (χ1n) is 9.94. The van der Waals surface area contributed by atoms with Gasteiger partial charge in [0.2, 0.25) is 15.9 Å². The van der Waals surface area contributed by atoms with Crippen molar-refractivity contribution in [2.75, 3.05) is 13.1 Å². The molecule has 11 heteroatoms. The molecule has 3 aromatic rings. The maximum Gasteiger partial charge on any atom is 0.246 e. The average Bonchev–Trinajstić information content (AvgIpc) is 3.37. The Labute approximate surface area is 175 Å². The molecule has 0 bridgehead atoms. The second kappa shape index (κ2) is 8.15. The molecular weight excluding hydrogens is 406 g/mol. The van der Waals surface area contributed by atoms with Crippen LogP contribution in [0.5, 0.6) is 5.88 Å². The first kappa shape index (κ1) is 20.5. The van der Waals surface area contributed by atoms with Gasteiger partial charge >= 0.3 is 0 Å². The van der Waals surface area contributed by atoms with E-state index in [0.717, 1.165) is 0 Å². The minimum absolute atomic E-state index is 0.109. The lowest BCUT2D eigenvalue weighted by Crippen LogP contribution is -2.42. The van der Waals surface area contributed by atoms with E-state index in [2.05, 4.69) is 20.4 Å². The minimum Gasteiger partial charge on any atom is -0.473 e. The smallest absolute Gasteiger partial charge is 0.246 e. The lowest BCUT2D eigenvalue weighted by atomic mass is 10.1. The highest BCUT2D eigenvalue weighted by Crippen LogP contribution is 2.27. The predicted molar refractivity (Wildman–Crippen MR) is 109 cm³/mol. The lowest BCUT2D eigenvalue weighted by Gasteiger charge is -2.31. The van der Waals surface area contributed by atoms with E-state index in [-0.39, 0.29) is 6.10 Å². The number of sulfonamides is 1. The van der Waals surface area contributed by atoms with Gasteiger partial charge in [-0.05, 0) is 45.7 Å². The number of piperidine rings is 1. The molecular formula is C19H25N7O3S. The van der Waals surface area contributed by atoms with E-state index < -0.39 is 10.0 Å². The van der Waals surface area contributed by atoms with Crippen LogP contribution in [0.2, 0.25) is 0 Å². The molecule has 10 nitrogen and oxygen atoms in total. The van der Waals surface area contributed by atoms with Crippen LogP contribution in [0.15, 0.2) is 35.5 Å². The fraction of sp³-hybridized carbons (Fsp3) is 0.474. The molecule has 30 heavy (non-hydrogen) atoms. The van der Waals surface area contributed by atoms with Crippen molar-refractivity contribution in [3.63, 3.8) is 0 Å². The fourth-order valence-corrected chi connectivity index (χ4v) is 5.60. The van der Waals surface area contributed by atoms with Crippen molar-refractivity contribution in [2.24, 2.45) is 0 Å². The topological polar surface area (TPSA) is 108 Å². The van der Waals surface area contributed by atoms with E-state index in [4.69, 9.17) is 4.74 Å². The van der Waals surface area contributed by atoms with Crippen molar-refractivity contribution in [1.82, 2.24) is 34.1 Å². The Morgan fingerprint density at radius 3 is 2.50 bits per heavy atom. The van der Waals surface area contributed by atoms with Crippen LogP contribution < -0.4 is 4.74 Å². The Balaban J connectivity index is 1.40. The number of aryl methyl sites for hydroxylation is 2. The lowest BCUT2D eigenvalue weighted by molar-refractivity contribution is 0.128.